The van der Waals surface area contributed by atoms with E-state index in [9.17, 15) is 4.79 Å². The van der Waals surface area contributed by atoms with Crippen molar-refractivity contribution in [2.45, 2.75) is 45.3 Å². The van der Waals surface area contributed by atoms with Crippen LogP contribution in [0, 0.1) is 0 Å². The maximum absolute atomic E-state index is 11.9. The summed E-state index contributed by atoms with van der Waals surface area (Å²) in [5.74, 6) is 0. The first kappa shape index (κ1) is 14.3. The molecule has 1 fully saturated rings. The molecule has 0 aromatic rings. The Hall–Kier alpha value is -0.810. The van der Waals surface area contributed by atoms with Crippen LogP contribution in [0.4, 0.5) is 4.79 Å². The van der Waals surface area contributed by atoms with Crippen molar-refractivity contribution >= 4 is 6.09 Å². The van der Waals surface area contributed by atoms with Gasteiger partial charge < -0.3 is 20.1 Å². The predicted octanol–water partition coefficient (Wildman–Crippen LogP) is 0.968. The maximum atomic E-state index is 11.9. The van der Waals surface area contributed by atoms with Gasteiger partial charge in [-0.25, -0.2) is 4.79 Å². The van der Waals surface area contributed by atoms with Crippen LogP contribution in [0.25, 0.3) is 0 Å². The number of aliphatic hydroxyl groups is 1. The Labute approximate surface area is 103 Å². The van der Waals surface area contributed by atoms with Crippen LogP contribution < -0.4 is 5.32 Å². The van der Waals surface area contributed by atoms with Gasteiger partial charge in [0.1, 0.15) is 5.60 Å². The molecule has 0 saturated carbocycles. The molecule has 0 aromatic carbocycles. The highest BCUT2D eigenvalue weighted by atomic mass is 16.6. The predicted molar refractivity (Wildman–Crippen MR) is 65.9 cm³/mol. The summed E-state index contributed by atoms with van der Waals surface area (Å²) >= 11 is 0. The van der Waals surface area contributed by atoms with Crippen LogP contribution in [0.5, 0.6) is 0 Å². The second-order valence-electron chi connectivity index (χ2n) is 5.40. The molecule has 5 heteroatoms. The minimum absolute atomic E-state index is 0.124. The van der Waals surface area contributed by atoms with Crippen LogP contribution >= 0.6 is 0 Å². The third-order valence-electron chi connectivity index (χ3n) is 2.67. The molecular weight excluding hydrogens is 220 g/mol. The standard InChI is InChI=1S/C12H24N2O3/c1-12(2,3)17-11(16)14-7-4-5-10(14)9-13-6-8-15/h10,13,15H,4-9H2,1-3H3. The van der Waals surface area contributed by atoms with Gasteiger partial charge in [0.2, 0.25) is 0 Å². The normalized spacial score (nSPS) is 20.7. The zero-order valence-electron chi connectivity index (χ0n) is 11.0. The van der Waals surface area contributed by atoms with Crippen LogP contribution in [-0.2, 0) is 4.74 Å². The highest BCUT2D eigenvalue weighted by Crippen LogP contribution is 2.20. The van der Waals surface area contributed by atoms with E-state index < -0.39 is 5.60 Å². The molecule has 0 radical (unpaired) electrons. The Kier molecular flexibility index (Phi) is 5.21. The van der Waals surface area contributed by atoms with Crippen molar-refractivity contribution in [1.82, 2.24) is 10.2 Å². The van der Waals surface area contributed by atoms with E-state index in [-0.39, 0.29) is 18.7 Å². The number of nitrogens with one attached hydrogen (secondary N) is 1. The van der Waals surface area contributed by atoms with Crippen LogP contribution in [-0.4, -0.2) is 54.0 Å². The van der Waals surface area contributed by atoms with E-state index in [1.165, 1.54) is 0 Å². The summed E-state index contributed by atoms with van der Waals surface area (Å²) in [7, 11) is 0. The van der Waals surface area contributed by atoms with Gasteiger partial charge in [-0.15, -0.1) is 0 Å². The number of nitrogens with zero attached hydrogens (tertiary/aromatic N) is 1. The van der Waals surface area contributed by atoms with Gasteiger partial charge in [-0.1, -0.05) is 0 Å². The summed E-state index contributed by atoms with van der Waals surface area (Å²) < 4.78 is 5.37. The zero-order valence-corrected chi connectivity index (χ0v) is 11.0. The van der Waals surface area contributed by atoms with E-state index in [1.54, 1.807) is 4.90 Å². The molecule has 0 aliphatic carbocycles. The van der Waals surface area contributed by atoms with Gasteiger partial charge in [0, 0.05) is 25.7 Å². The summed E-state index contributed by atoms with van der Waals surface area (Å²) in [6, 6.07) is 0.191. The number of carbonyl (C=O) groups excluding carboxylic acids is 1. The van der Waals surface area contributed by atoms with Crippen molar-refractivity contribution in [3.8, 4) is 0 Å². The van der Waals surface area contributed by atoms with E-state index in [0.717, 1.165) is 25.9 Å². The monoisotopic (exact) mass is 244 g/mol. The summed E-state index contributed by atoms with van der Waals surface area (Å²) in [6.45, 7) is 7.80. The van der Waals surface area contributed by atoms with Crippen molar-refractivity contribution in [2.75, 3.05) is 26.2 Å². The fourth-order valence-electron chi connectivity index (χ4n) is 1.96. The van der Waals surface area contributed by atoms with E-state index in [2.05, 4.69) is 5.32 Å². The van der Waals surface area contributed by atoms with Gasteiger partial charge in [-0.05, 0) is 33.6 Å². The Morgan fingerprint density at radius 2 is 2.24 bits per heavy atom. The first-order chi connectivity index (χ1) is 7.94. The number of rotatable bonds is 4. The molecule has 0 aromatic heterocycles. The van der Waals surface area contributed by atoms with Gasteiger partial charge in [0.25, 0.3) is 0 Å². The Morgan fingerprint density at radius 1 is 1.53 bits per heavy atom. The topological polar surface area (TPSA) is 61.8 Å². The van der Waals surface area contributed by atoms with E-state index >= 15 is 0 Å². The quantitative estimate of drug-likeness (QED) is 0.723. The van der Waals surface area contributed by atoms with E-state index in [1.807, 2.05) is 20.8 Å². The molecule has 1 saturated heterocycles. The molecule has 17 heavy (non-hydrogen) atoms. The minimum Gasteiger partial charge on any atom is -0.444 e. The van der Waals surface area contributed by atoms with Crippen LogP contribution in [0.15, 0.2) is 0 Å². The lowest BCUT2D eigenvalue weighted by molar-refractivity contribution is 0.0226. The first-order valence-corrected chi connectivity index (χ1v) is 6.25. The fraction of sp³-hybridized carbons (Fsp3) is 0.917. The van der Waals surface area contributed by atoms with Crippen molar-refractivity contribution in [1.29, 1.82) is 0 Å². The Bertz CT molecular complexity index is 251. The molecule has 0 spiro atoms. The third kappa shape index (κ3) is 4.91. The minimum atomic E-state index is -0.442. The van der Waals surface area contributed by atoms with Crippen molar-refractivity contribution in [3.63, 3.8) is 0 Å². The Balaban J connectivity index is 2.42. The van der Waals surface area contributed by atoms with Gasteiger partial charge in [0.05, 0.1) is 6.61 Å². The molecule has 5 nitrogen and oxygen atoms in total. The van der Waals surface area contributed by atoms with Crippen molar-refractivity contribution in [3.05, 3.63) is 0 Å². The highest BCUT2D eigenvalue weighted by Gasteiger charge is 2.31. The average molecular weight is 244 g/mol. The van der Waals surface area contributed by atoms with Gasteiger partial charge in [0.15, 0.2) is 0 Å². The Morgan fingerprint density at radius 3 is 2.82 bits per heavy atom. The van der Waals surface area contributed by atoms with Crippen LogP contribution in [0.3, 0.4) is 0 Å². The molecule has 1 atom stereocenters. The summed E-state index contributed by atoms with van der Waals surface area (Å²) in [4.78, 5) is 13.7. The molecular formula is C12H24N2O3. The molecule has 1 amide bonds. The third-order valence-corrected chi connectivity index (χ3v) is 2.67. The zero-order chi connectivity index (χ0) is 12.9. The lowest BCUT2D eigenvalue weighted by Crippen LogP contribution is -2.44. The molecule has 1 heterocycles. The summed E-state index contributed by atoms with van der Waals surface area (Å²) in [5, 5.41) is 11.8. The lowest BCUT2D eigenvalue weighted by Gasteiger charge is -2.28. The number of hydrogen-bond acceptors (Lipinski definition) is 4. The van der Waals surface area contributed by atoms with Gasteiger partial charge >= 0.3 is 6.09 Å². The summed E-state index contributed by atoms with van der Waals surface area (Å²) in [6.07, 6.45) is 1.79. The molecule has 1 aliphatic heterocycles. The van der Waals surface area contributed by atoms with E-state index in [0.29, 0.717) is 6.54 Å². The molecule has 100 valence electrons. The molecule has 1 unspecified atom stereocenters. The number of hydrogen-bond donors (Lipinski definition) is 2. The first-order valence-electron chi connectivity index (χ1n) is 6.25. The number of carbonyl (C=O) groups is 1. The second kappa shape index (κ2) is 6.21. The number of aliphatic hydroxyl groups excluding tert-OH is 1. The largest absolute Gasteiger partial charge is 0.444 e. The number of amides is 1. The highest BCUT2D eigenvalue weighted by molar-refractivity contribution is 5.69. The molecule has 2 N–H and O–H groups in total. The maximum Gasteiger partial charge on any atom is 0.410 e. The molecule has 0 bridgehead atoms. The van der Waals surface area contributed by atoms with Crippen molar-refractivity contribution in [2.24, 2.45) is 0 Å². The van der Waals surface area contributed by atoms with Crippen LogP contribution in [0.2, 0.25) is 0 Å². The van der Waals surface area contributed by atoms with E-state index in [4.69, 9.17) is 9.84 Å². The lowest BCUT2D eigenvalue weighted by atomic mass is 10.2. The smallest absolute Gasteiger partial charge is 0.410 e. The number of likely N-dealkylation sites (tertiary alicyclic amines) is 1. The molecule has 1 aliphatic rings. The second-order valence-corrected chi connectivity index (χ2v) is 5.40. The number of ether oxygens (including phenoxy) is 1. The van der Waals surface area contributed by atoms with Crippen LogP contribution in [0.1, 0.15) is 33.6 Å². The SMILES string of the molecule is CC(C)(C)OC(=O)N1CCCC1CNCCO. The fourth-order valence-corrected chi connectivity index (χ4v) is 1.96. The molecule has 1 rings (SSSR count). The van der Waals surface area contributed by atoms with Gasteiger partial charge in [-0.2, -0.15) is 0 Å². The van der Waals surface area contributed by atoms with Gasteiger partial charge in [-0.3, -0.25) is 0 Å². The average Bonchev–Trinajstić information content (AvgIpc) is 2.64. The van der Waals surface area contributed by atoms with Crippen molar-refractivity contribution < 1.29 is 14.6 Å². The summed E-state index contributed by atoms with van der Waals surface area (Å²) in [5.41, 5.74) is -0.442.